The van der Waals surface area contributed by atoms with Crippen molar-refractivity contribution in [3.05, 3.63) is 77.7 Å². The summed E-state index contributed by atoms with van der Waals surface area (Å²) < 4.78 is 42.1. The van der Waals surface area contributed by atoms with E-state index in [1.165, 1.54) is 6.07 Å². The number of hydrogen-bond acceptors (Lipinski definition) is 10. The molecule has 1 fully saturated rings. The van der Waals surface area contributed by atoms with Crippen LogP contribution in [0.1, 0.15) is 21.6 Å². The van der Waals surface area contributed by atoms with E-state index in [0.717, 1.165) is 46.8 Å². The van der Waals surface area contributed by atoms with Gasteiger partial charge in [0.05, 0.1) is 67.7 Å². The third-order valence-corrected chi connectivity index (χ3v) is 9.70. The molecule has 43 heavy (non-hydrogen) atoms. The van der Waals surface area contributed by atoms with Gasteiger partial charge in [0.1, 0.15) is 6.61 Å². The number of anilines is 3. The minimum Gasteiger partial charge on any atom is -0.488 e. The van der Waals surface area contributed by atoms with Crippen LogP contribution in [0.15, 0.2) is 65.8 Å². The predicted molar refractivity (Wildman–Crippen MR) is 161 cm³/mol. The van der Waals surface area contributed by atoms with Crippen LogP contribution in [0.25, 0.3) is 10.8 Å². The lowest BCUT2D eigenvalue weighted by atomic mass is 10.1. The lowest BCUT2D eigenvalue weighted by Crippen LogP contribution is -2.36. The number of rotatable bonds is 5. The van der Waals surface area contributed by atoms with Crippen LogP contribution < -0.4 is 19.9 Å². The van der Waals surface area contributed by atoms with Crippen molar-refractivity contribution in [3.8, 4) is 5.75 Å². The number of aromatic nitrogens is 2. The zero-order chi connectivity index (χ0) is 29.4. The summed E-state index contributed by atoms with van der Waals surface area (Å²) in [6.45, 7) is 4.82. The number of hydrogen-bond donors (Lipinski definition) is 1. The monoisotopic (exact) mass is 601 g/mol. The average Bonchev–Trinajstić information content (AvgIpc) is 3.20. The molecule has 2 aromatic heterocycles. The van der Waals surface area contributed by atoms with Crippen molar-refractivity contribution in [1.82, 2.24) is 15.3 Å². The molecule has 1 N–H and O–H groups in total. The van der Waals surface area contributed by atoms with Crippen LogP contribution in [0.4, 0.5) is 17.2 Å². The molecule has 0 spiro atoms. The predicted octanol–water partition coefficient (Wildman–Crippen LogP) is 3.23. The van der Waals surface area contributed by atoms with Crippen LogP contribution in [0.2, 0.25) is 0 Å². The highest BCUT2D eigenvalue weighted by Gasteiger charge is 2.25. The van der Waals surface area contributed by atoms with Gasteiger partial charge in [-0.1, -0.05) is 12.1 Å². The molecular formula is C31H31N5O6S. The summed E-state index contributed by atoms with van der Waals surface area (Å²) in [5, 5.41) is 4.83. The molecule has 0 radical (unpaired) electrons. The Kier molecular flexibility index (Phi) is 7.33. The van der Waals surface area contributed by atoms with Gasteiger partial charge in [-0.15, -0.1) is 0 Å². The Morgan fingerprint density at radius 2 is 1.74 bits per heavy atom. The van der Waals surface area contributed by atoms with Gasteiger partial charge in [-0.25, -0.2) is 13.4 Å². The highest BCUT2D eigenvalue weighted by Crippen LogP contribution is 2.38. The Morgan fingerprint density at radius 1 is 0.860 bits per heavy atom. The highest BCUT2D eigenvalue weighted by atomic mass is 32.2. The van der Waals surface area contributed by atoms with Gasteiger partial charge < -0.3 is 29.3 Å². The van der Waals surface area contributed by atoms with Crippen molar-refractivity contribution in [2.75, 3.05) is 61.6 Å². The van der Waals surface area contributed by atoms with Crippen molar-refractivity contribution in [3.63, 3.8) is 0 Å². The molecule has 0 saturated carbocycles. The Labute approximate surface area is 249 Å². The third-order valence-electron chi connectivity index (χ3n) is 7.94. The van der Waals surface area contributed by atoms with E-state index in [2.05, 4.69) is 38.3 Å². The number of carbonyl (C=O) groups is 1. The molecule has 12 heteroatoms. The van der Waals surface area contributed by atoms with Crippen molar-refractivity contribution in [2.45, 2.75) is 18.0 Å². The summed E-state index contributed by atoms with van der Waals surface area (Å²) in [4.78, 5) is 26.8. The topological polar surface area (TPSA) is 123 Å². The van der Waals surface area contributed by atoms with Crippen molar-refractivity contribution < 1.29 is 27.4 Å². The number of sulfone groups is 1. The van der Waals surface area contributed by atoms with E-state index < -0.39 is 9.84 Å². The smallest absolute Gasteiger partial charge is 0.251 e. The number of fused-ring (bicyclic) bond motifs is 3. The number of nitrogens with one attached hydrogen (secondary N) is 1. The van der Waals surface area contributed by atoms with Crippen molar-refractivity contribution in [2.24, 2.45) is 0 Å². The first kappa shape index (κ1) is 27.6. The molecule has 0 atom stereocenters. The summed E-state index contributed by atoms with van der Waals surface area (Å²) in [6.07, 6.45) is 3.68. The minimum atomic E-state index is -3.51. The Hall–Kier alpha value is -4.26. The fourth-order valence-electron chi connectivity index (χ4n) is 5.61. The Bertz CT molecular complexity index is 1810. The van der Waals surface area contributed by atoms with E-state index in [4.69, 9.17) is 19.2 Å². The van der Waals surface area contributed by atoms with Gasteiger partial charge in [-0.05, 0) is 41.3 Å². The summed E-state index contributed by atoms with van der Waals surface area (Å²) in [5.74, 6) is 1.06. The molecule has 11 nitrogen and oxygen atoms in total. The first-order valence-electron chi connectivity index (χ1n) is 14.3. The molecule has 4 aromatic rings. The van der Waals surface area contributed by atoms with Gasteiger partial charge in [0.25, 0.3) is 5.91 Å². The first-order chi connectivity index (χ1) is 20.9. The maximum absolute atomic E-state index is 13.0. The van der Waals surface area contributed by atoms with Crippen molar-refractivity contribution >= 4 is 43.7 Å². The van der Waals surface area contributed by atoms with Gasteiger partial charge >= 0.3 is 0 Å². The number of pyridine rings is 2. The molecule has 2 aromatic carbocycles. The molecule has 3 aliphatic heterocycles. The summed E-state index contributed by atoms with van der Waals surface area (Å²) in [5.41, 5.74) is 3.55. The number of benzene rings is 2. The van der Waals surface area contributed by atoms with Gasteiger partial charge in [0.2, 0.25) is 0 Å². The Morgan fingerprint density at radius 3 is 2.63 bits per heavy atom. The van der Waals surface area contributed by atoms with Crippen LogP contribution in [-0.2, 0) is 32.5 Å². The van der Waals surface area contributed by atoms with Gasteiger partial charge in [0, 0.05) is 42.0 Å². The maximum atomic E-state index is 13.0. The highest BCUT2D eigenvalue weighted by molar-refractivity contribution is 7.91. The summed E-state index contributed by atoms with van der Waals surface area (Å²) in [7, 11) is -3.51. The molecule has 0 aliphatic carbocycles. The molecule has 1 saturated heterocycles. The van der Waals surface area contributed by atoms with Crippen LogP contribution in [0, 0.1) is 0 Å². The normalized spacial score (nSPS) is 17.9. The number of ether oxygens (including phenoxy) is 3. The van der Waals surface area contributed by atoms with Crippen LogP contribution in [-0.4, -0.2) is 76.1 Å². The van der Waals surface area contributed by atoms with Gasteiger partial charge in [-0.3, -0.25) is 9.78 Å². The third kappa shape index (κ3) is 5.61. The van der Waals surface area contributed by atoms with E-state index in [0.29, 0.717) is 37.6 Å². The van der Waals surface area contributed by atoms with E-state index in [-0.39, 0.29) is 41.9 Å². The second-order valence-electron chi connectivity index (χ2n) is 10.7. The number of amides is 1. The zero-order valence-electron chi connectivity index (χ0n) is 23.5. The standard InChI is InChI=1S/C31H31N5O6S/c37-31(21-1-2-23-20-41-11-12-43(38,39)29(23)15-21)34-18-25-13-24-14-26(4-3-22(24)17-32-25)36-7-10-42-28-16-27(19-33-30(28)36)35-5-8-40-9-6-35/h1-4,13-17,19H,5-12,18,20H2,(H,34,37). The van der Waals surface area contributed by atoms with Crippen LogP contribution >= 0.6 is 0 Å². The summed E-state index contributed by atoms with van der Waals surface area (Å²) in [6, 6.07) is 14.9. The lowest BCUT2D eigenvalue weighted by Gasteiger charge is -2.33. The molecule has 222 valence electrons. The SMILES string of the molecule is O=C(NCc1cc2cc(N3CCOc4cc(N5CCOCC5)cnc43)ccc2cn1)c1ccc2c(c1)S(=O)(=O)CCOC2. The first-order valence-corrected chi connectivity index (χ1v) is 15.9. The van der Waals surface area contributed by atoms with Crippen molar-refractivity contribution in [1.29, 1.82) is 0 Å². The number of carbonyl (C=O) groups excluding carboxylic acids is 1. The molecular weight excluding hydrogens is 570 g/mol. The summed E-state index contributed by atoms with van der Waals surface area (Å²) >= 11 is 0. The number of nitrogens with zero attached hydrogens (tertiary/aromatic N) is 4. The molecule has 3 aliphatic rings. The molecule has 7 rings (SSSR count). The number of morpholine rings is 1. The minimum absolute atomic E-state index is 0.102. The van der Waals surface area contributed by atoms with E-state index in [1.54, 1.807) is 18.3 Å². The largest absolute Gasteiger partial charge is 0.488 e. The molecule has 0 bridgehead atoms. The van der Waals surface area contributed by atoms with Crippen LogP contribution in [0.3, 0.4) is 0 Å². The van der Waals surface area contributed by atoms with Gasteiger partial charge in [-0.2, -0.15) is 0 Å². The van der Waals surface area contributed by atoms with E-state index in [9.17, 15) is 13.2 Å². The maximum Gasteiger partial charge on any atom is 0.251 e. The fraction of sp³-hybridized carbons (Fsp3) is 0.323. The second-order valence-corrected chi connectivity index (χ2v) is 12.8. The van der Waals surface area contributed by atoms with E-state index in [1.807, 2.05) is 18.3 Å². The zero-order valence-corrected chi connectivity index (χ0v) is 24.3. The molecule has 1 amide bonds. The average molecular weight is 602 g/mol. The van der Waals surface area contributed by atoms with Gasteiger partial charge in [0.15, 0.2) is 21.4 Å². The fourth-order valence-corrected chi connectivity index (χ4v) is 7.00. The quantitative estimate of drug-likeness (QED) is 0.365. The second kappa shape index (κ2) is 11.4. The Balaban J connectivity index is 1.09. The lowest BCUT2D eigenvalue weighted by molar-refractivity contribution is 0.0950. The molecule has 5 heterocycles. The van der Waals surface area contributed by atoms with E-state index >= 15 is 0 Å². The molecule has 0 unspecified atom stereocenters. The van der Waals surface area contributed by atoms with Crippen LogP contribution in [0.5, 0.6) is 5.75 Å².